The van der Waals surface area contributed by atoms with Crippen molar-refractivity contribution >= 4 is 22.6 Å². The average Bonchev–Trinajstić information content (AvgIpc) is 2.42. The molecule has 1 amide bonds. The topological polar surface area (TPSA) is 54.0 Å². The fraction of sp³-hybridized carbons (Fsp3) is 0.375. The van der Waals surface area contributed by atoms with Crippen molar-refractivity contribution in [2.75, 3.05) is 12.4 Å². The first kappa shape index (κ1) is 14.3. The van der Waals surface area contributed by atoms with E-state index in [9.17, 15) is 4.79 Å². The minimum atomic E-state index is -0.332. The van der Waals surface area contributed by atoms with Crippen molar-refractivity contribution in [2.45, 2.75) is 26.8 Å². The van der Waals surface area contributed by atoms with Crippen LogP contribution in [0.5, 0.6) is 0 Å². The van der Waals surface area contributed by atoms with Crippen LogP contribution in [0.1, 0.15) is 20.8 Å². The van der Waals surface area contributed by atoms with Crippen molar-refractivity contribution in [3.8, 4) is 0 Å². The molecule has 4 heteroatoms. The number of hydrogen-bond donors (Lipinski definition) is 2. The van der Waals surface area contributed by atoms with Gasteiger partial charge in [0.05, 0.1) is 5.52 Å². The zero-order valence-electron chi connectivity index (χ0n) is 12.4. The molecule has 1 heterocycles. The summed E-state index contributed by atoms with van der Waals surface area (Å²) in [6, 6.07) is 11.5. The summed E-state index contributed by atoms with van der Waals surface area (Å²) in [5.74, 6) is 0.680. The fourth-order valence-electron chi connectivity index (χ4n) is 2.11. The summed E-state index contributed by atoms with van der Waals surface area (Å²) in [6.07, 6.45) is 0. The molecule has 0 saturated carbocycles. The largest absolute Gasteiger partial charge is 0.358 e. The molecule has 0 fully saturated rings. The van der Waals surface area contributed by atoms with Crippen molar-refractivity contribution in [3.05, 3.63) is 36.4 Å². The molecule has 0 bridgehead atoms. The van der Waals surface area contributed by atoms with Crippen LogP contribution in [-0.2, 0) is 4.79 Å². The first-order chi connectivity index (χ1) is 9.41. The third-order valence-electron chi connectivity index (χ3n) is 3.27. The summed E-state index contributed by atoms with van der Waals surface area (Å²) >= 11 is 0. The Morgan fingerprint density at radius 3 is 2.50 bits per heavy atom. The predicted octanol–water partition coefficient (Wildman–Crippen LogP) is 2.81. The van der Waals surface area contributed by atoms with Gasteiger partial charge >= 0.3 is 0 Å². The number of rotatable bonds is 3. The van der Waals surface area contributed by atoms with Crippen molar-refractivity contribution < 1.29 is 4.79 Å². The Labute approximate surface area is 119 Å². The number of pyridine rings is 1. The van der Waals surface area contributed by atoms with Crippen LogP contribution in [0.4, 0.5) is 5.82 Å². The first-order valence-corrected chi connectivity index (χ1v) is 6.76. The lowest BCUT2D eigenvalue weighted by Crippen LogP contribution is -2.46. The van der Waals surface area contributed by atoms with Gasteiger partial charge in [-0.15, -0.1) is 0 Å². The van der Waals surface area contributed by atoms with E-state index in [4.69, 9.17) is 0 Å². The molecule has 0 aliphatic heterocycles. The van der Waals surface area contributed by atoms with Gasteiger partial charge in [0.25, 0.3) is 0 Å². The van der Waals surface area contributed by atoms with Gasteiger partial charge < -0.3 is 10.6 Å². The standard InChI is InChI=1S/C16H21N3O/c1-16(2,3)14(15(20)17-4)19-13-10-9-11-7-5-6-8-12(11)18-13/h5-10,14H,1-4H3,(H,17,20)(H,18,19)/t14-/m1/s1. The van der Waals surface area contributed by atoms with Crippen molar-refractivity contribution in [3.63, 3.8) is 0 Å². The minimum absolute atomic E-state index is 0.0348. The third kappa shape index (κ3) is 3.07. The molecule has 0 spiro atoms. The molecule has 1 atom stereocenters. The molecule has 2 N–H and O–H groups in total. The van der Waals surface area contributed by atoms with Gasteiger partial charge in [-0.25, -0.2) is 4.98 Å². The molecule has 20 heavy (non-hydrogen) atoms. The van der Waals surface area contributed by atoms with Gasteiger partial charge in [-0.3, -0.25) is 4.79 Å². The molecule has 0 aliphatic carbocycles. The number of aromatic nitrogens is 1. The van der Waals surface area contributed by atoms with Crippen LogP contribution in [0.2, 0.25) is 0 Å². The number of amides is 1. The summed E-state index contributed by atoms with van der Waals surface area (Å²) < 4.78 is 0. The summed E-state index contributed by atoms with van der Waals surface area (Å²) in [5.41, 5.74) is 0.718. The second-order valence-electron chi connectivity index (χ2n) is 5.95. The van der Waals surface area contributed by atoms with Crippen LogP contribution >= 0.6 is 0 Å². The first-order valence-electron chi connectivity index (χ1n) is 6.76. The van der Waals surface area contributed by atoms with E-state index in [0.717, 1.165) is 10.9 Å². The molecule has 106 valence electrons. The fourth-order valence-corrected chi connectivity index (χ4v) is 2.11. The van der Waals surface area contributed by atoms with Gasteiger partial charge in [-0.05, 0) is 23.6 Å². The number of nitrogens with one attached hydrogen (secondary N) is 2. The summed E-state index contributed by atoms with van der Waals surface area (Å²) in [5, 5.41) is 7.03. The van der Waals surface area contributed by atoms with Crippen LogP contribution in [0.3, 0.4) is 0 Å². The van der Waals surface area contributed by atoms with E-state index in [1.54, 1.807) is 7.05 Å². The summed E-state index contributed by atoms with van der Waals surface area (Å²) in [4.78, 5) is 16.6. The molecule has 0 unspecified atom stereocenters. The lowest BCUT2D eigenvalue weighted by Gasteiger charge is -2.30. The Morgan fingerprint density at radius 1 is 1.15 bits per heavy atom. The highest BCUT2D eigenvalue weighted by atomic mass is 16.2. The summed E-state index contributed by atoms with van der Waals surface area (Å²) in [6.45, 7) is 6.09. The van der Waals surface area contributed by atoms with Gasteiger partial charge in [0.2, 0.25) is 5.91 Å². The number of hydrogen-bond acceptors (Lipinski definition) is 3. The summed E-state index contributed by atoms with van der Waals surface area (Å²) in [7, 11) is 1.65. The van der Waals surface area contributed by atoms with Gasteiger partial charge in [-0.2, -0.15) is 0 Å². The van der Waals surface area contributed by atoms with Crippen molar-refractivity contribution in [1.29, 1.82) is 0 Å². The van der Waals surface area contributed by atoms with Gasteiger partial charge in [0.1, 0.15) is 11.9 Å². The number of carbonyl (C=O) groups is 1. The van der Waals surface area contributed by atoms with Crippen LogP contribution in [-0.4, -0.2) is 24.0 Å². The number of anilines is 1. The van der Waals surface area contributed by atoms with E-state index < -0.39 is 0 Å². The van der Waals surface area contributed by atoms with Crippen LogP contribution in [0, 0.1) is 5.41 Å². The Bertz CT molecular complexity index is 616. The predicted molar refractivity (Wildman–Crippen MR) is 82.7 cm³/mol. The second kappa shape index (κ2) is 5.49. The second-order valence-corrected chi connectivity index (χ2v) is 5.95. The van der Waals surface area contributed by atoms with E-state index in [2.05, 4.69) is 15.6 Å². The molecule has 1 aromatic carbocycles. The SMILES string of the molecule is CNC(=O)[C@@H](Nc1ccc2ccccc2n1)C(C)(C)C. The molecular weight excluding hydrogens is 250 g/mol. The molecule has 1 aromatic heterocycles. The van der Waals surface area contributed by atoms with Crippen LogP contribution in [0.15, 0.2) is 36.4 Å². The molecule has 0 saturated heterocycles. The number of para-hydroxylation sites is 1. The third-order valence-corrected chi connectivity index (χ3v) is 3.27. The van der Waals surface area contributed by atoms with Crippen LogP contribution in [0.25, 0.3) is 10.9 Å². The lowest BCUT2D eigenvalue weighted by molar-refractivity contribution is -0.123. The van der Waals surface area contributed by atoms with Gasteiger partial charge in [-0.1, -0.05) is 39.0 Å². The molecule has 0 aliphatic rings. The quantitative estimate of drug-likeness (QED) is 0.902. The maximum atomic E-state index is 12.0. The maximum absolute atomic E-state index is 12.0. The minimum Gasteiger partial charge on any atom is -0.358 e. The van der Waals surface area contributed by atoms with Crippen LogP contribution < -0.4 is 10.6 Å². The zero-order chi connectivity index (χ0) is 14.8. The monoisotopic (exact) mass is 271 g/mol. The normalized spacial score (nSPS) is 13.0. The number of carbonyl (C=O) groups excluding carboxylic acids is 1. The maximum Gasteiger partial charge on any atom is 0.242 e. The highest BCUT2D eigenvalue weighted by molar-refractivity contribution is 5.86. The number of benzene rings is 1. The van der Waals surface area contributed by atoms with Gasteiger partial charge in [0.15, 0.2) is 0 Å². The smallest absolute Gasteiger partial charge is 0.242 e. The van der Waals surface area contributed by atoms with E-state index in [0.29, 0.717) is 5.82 Å². The molecule has 0 radical (unpaired) electrons. The molecule has 4 nitrogen and oxygen atoms in total. The molecular formula is C16H21N3O. The highest BCUT2D eigenvalue weighted by Gasteiger charge is 2.30. The van der Waals surface area contributed by atoms with E-state index in [-0.39, 0.29) is 17.4 Å². The Balaban J connectivity index is 2.31. The highest BCUT2D eigenvalue weighted by Crippen LogP contribution is 2.24. The zero-order valence-corrected chi connectivity index (χ0v) is 12.4. The lowest BCUT2D eigenvalue weighted by atomic mass is 9.86. The van der Waals surface area contributed by atoms with Crippen molar-refractivity contribution in [1.82, 2.24) is 10.3 Å². The van der Waals surface area contributed by atoms with E-state index >= 15 is 0 Å². The van der Waals surface area contributed by atoms with Gasteiger partial charge in [0, 0.05) is 12.4 Å². The Hall–Kier alpha value is -2.10. The molecule has 2 rings (SSSR count). The molecule has 2 aromatic rings. The Morgan fingerprint density at radius 2 is 1.85 bits per heavy atom. The number of nitrogens with zero attached hydrogens (tertiary/aromatic N) is 1. The number of fused-ring (bicyclic) bond motifs is 1. The van der Waals surface area contributed by atoms with E-state index in [1.165, 1.54) is 0 Å². The Kier molecular flexibility index (Phi) is 3.93. The average molecular weight is 271 g/mol. The van der Waals surface area contributed by atoms with Crippen molar-refractivity contribution in [2.24, 2.45) is 5.41 Å². The van der Waals surface area contributed by atoms with E-state index in [1.807, 2.05) is 57.2 Å². The number of likely N-dealkylation sites (N-methyl/N-ethyl adjacent to an activating group) is 1.